The third-order valence-electron chi connectivity index (χ3n) is 5.93. The van der Waals surface area contributed by atoms with Crippen LogP contribution in [0.2, 0.25) is 0 Å². The smallest absolute Gasteiger partial charge is 0.0181 e. The largest absolute Gasteiger partial charge is 0.330 e. The molecule has 2 rings (SSSR count). The molecule has 2 nitrogen and oxygen atoms in total. The molecule has 3 N–H and O–H groups in total. The van der Waals surface area contributed by atoms with Crippen molar-refractivity contribution in [3.63, 3.8) is 0 Å². The van der Waals surface area contributed by atoms with Gasteiger partial charge in [-0.15, -0.1) is 0 Å². The molecule has 0 aromatic heterocycles. The lowest BCUT2D eigenvalue weighted by Gasteiger charge is -2.28. The first-order valence-electron chi connectivity index (χ1n) is 7.33. The van der Waals surface area contributed by atoms with Gasteiger partial charge >= 0.3 is 0 Å². The molecule has 0 saturated heterocycles. The summed E-state index contributed by atoms with van der Waals surface area (Å²) in [4.78, 5) is 0. The van der Waals surface area contributed by atoms with Gasteiger partial charge in [0.05, 0.1) is 0 Å². The van der Waals surface area contributed by atoms with Gasteiger partial charge in [-0.05, 0) is 61.4 Å². The lowest BCUT2D eigenvalue weighted by atomic mass is 9.82. The van der Waals surface area contributed by atoms with E-state index in [0.717, 1.165) is 18.4 Å². The topological polar surface area (TPSA) is 38.0 Å². The molecule has 0 amide bonds. The Balaban J connectivity index is 1.71. The highest BCUT2D eigenvalue weighted by atomic mass is 15.0. The minimum atomic E-state index is 0.474. The van der Waals surface area contributed by atoms with Crippen LogP contribution in [0.1, 0.15) is 53.4 Å². The van der Waals surface area contributed by atoms with Crippen LogP contribution in [0.4, 0.5) is 0 Å². The molecule has 0 aliphatic heterocycles. The maximum absolute atomic E-state index is 5.74. The van der Waals surface area contributed by atoms with Crippen molar-refractivity contribution in [1.82, 2.24) is 5.32 Å². The van der Waals surface area contributed by atoms with Gasteiger partial charge < -0.3 is 11.1 Å². The predicted octanol–water partition coefficient (Wildman–Crippen LogP) is 2.78. The summed E-state index contributed by atoms with van der Waals surface area (Å²) in [5.41, 5.74) is 6.68. The fourth-order valence-electron chi connectivity index (χ4n) is 3.66. The molecule has 17 heavy (non-hydrogen) atoms. The Bertz CT molecular complexity index is 248. The first-order chi connectivity index (χ1) is 7.89. The molecule has 0 atom stereocenters. The Kier molecular flexibility index (Phi) is 3.57. The summed E-state index contributed by atoms with van der Waals surface area (Å²) >= 11 is 0. The predicted molar refractivity (Wildman–Crippen MR) is 73.9 cm³/mol. The lowest BCUT2D eigenvalue weighted by Crippen LogP contribution is -2.31. The second kappa shape index (κ2) is 4.55. The van der Waals surface area contributed by atoms with E-state index >= 15 is 0 Å². The van der Waals surface area contributed by atoms with Crippen LogP contribution in [-0.2, 0) is 0 Å². The van der Waals surface area contributed by atoms with E-state index in [-0.39, 0.29) is 0 Å². The van der Waals surface area contributed by atoms with Crippen LogP contribution in [0, 0.1) is 22.7 Å². The lowest BCUT2D eigenvalue weighted by molar-refractivity contribution is 0.268. The Morgan fingerprint density at radius 1 is 0.941 bits per heavy atom. The highest BCUT2D eigenvalue weighted by molar-refractivity contribution is 5.17. The zero-order valence-corrected chi connectivity index (χ0v) is 12.1. The Labute approximate surface area is 107 Å². The third kappa shape index (κ3) is 2.39. The fourth-order valence-corrected chi connectivity index (χ4v) is 3.66. The number of nitrogens with one attached hydrogen (secondary N) is 1. The highest BCUT2D eigenvalue weighted by Crippen LogP contribution is 2.62. The molecule has 2 heteroatoms. The Morgan fingerprint density at radius 2 is 1.41 bits per heavy atom. The molecule has 2 aliphatic rings. The van der Waals surface area contributed by atoms with Crippen LogP contribution in [0.5, 0.6) is 0 Å². The summed E-state index contributed by atoms with van der Waals surface area (Å²) in [6.45, 7) is 11.6. The van der Waals surface area contributed by atoms with Gasteiger partial charge in [-0.2, -0.15) is 0 Å². The maximum atomic E-state index is 5.74. The normalized spacial score (nSPS) is 35.8. The molecule has 2 fully saturated rings. The number of hydrogen-bond donors (Lipinski definition) is 2. The summed E-state index contributed by atoms with van der Waals surface area (Å²) in [6.07, 6.45) is 5.45. The summed E-state index contributed by atoms with van der Waals surface area (Å²) in [7, 11) is 0. The van der Waals surface area contributed by atoms with Gasteiger partial charge in [0.1, 0.15) is 0 Å². The van der Waals surface area contributed by atoms with E-state index in [0.29, 0.717) is 16.9 Å². The van der Waals surface area contributed by atoms with Crippen molar-refractivity contribution in [2.24, 2.45) is 28.4 Å². The highest BCUT2D eigenvalue weighted by Gasteiger charge is 2.64. The van der Waals surface area contributed by atoms with E-state index in [4.69, 9.17) is 5.73 Å². The molecule has 2 saturated carbocycles. The van der Waals surface area contributed by atoms with E-state index in [9.17, 15) is 0 Å². The van der Waals surface area contributed by atoms with Crippen molar-refractivity contribution < 1.29 is 0 Å². The van der Waals surface area contributed by atoms with Crippen LogP contribution >= 0.6 is 0 Å². The minimum Gasteiger partial charge on any atom is -0.330 e. The van der Waals surface area contributed by atoms with Gasteiger partial charge in [0, 0.05) is 6.04 Å². The molecule has 0 aromatic rings. The van der Waals surface area contributed by atoms with Gasteiger partial charge in [0.25, 0.3) is 0 Å². The summed E-state index contributed by atoms with van der Waals surface area (Å²) < 4.78 is 0. The average molecular weight is 238 g/mol. The minimum absolute atomic E-state index is 0.474. The third-order valence-corrected chi connectivity index (χ3v) is 5.93. The van der Waals surface area contributed by atoms with Crippen molar-refractivity contribution in [3.8, 4) is 0 Å². The Hall–Kier alpha value is -0.0800. The van der Waals surface area contributed by atoms with E-state index in [1.807, 2.05) is 0 Å². The molecule has 0 heterocycles. The molecule has 0 aromatic carbocycles. The number of rotatable bonds is 4. The molecule has 0 spiro atoms. The first kappa shape index (κ1) is 13.4. The van der Waals surface area contributed by atoms with Gasteiger partial charge in [0.2, 0.25) is 0 Å². The molecular formula is C15H30N2. The second-order valence-corrected chi connectivity index (χ2v) is 7.41. The number of nitrogens with two attached hydrogens (primary N) is 1. The first-order valence-corrected chi connectivity index (χ1v) is 7.33. The second-order valence-electron chi connectivity index (χ2n) is 7.41. The summed E-state index contributed by atoms with van der Waals surface area (Å²) in [6, 6.07) is 0.710. The van der Waals surface area contributed by atoms with Crippen molar-refractivity contribution >= 4 is 0 Å². The van der Waals surface area contributed by atoms with Crippen LogP contribution in [-0.4, -0.2) is 19.1 Å². The van der Waals surface area contributed by atoms with Gasteiger partial charge in [-0.25, -0.2) is 0 Å². The number of hydrogen-bond acceptors (Lipinski definition) is 2. The molecule has 100 valence electrons. The summed E-state index contributed by atoms with van der Waals surface area (Å²) in [5, 5.41) is 3.81. The molecule has 0 unspecified atom stereocenters. The van der Waals surface area contributed by atoms with Gasteiger partial charge in [-0.3, -0.25) is 0 Å². The van der Waals surface area contributed by atoms with Crippen LogP contribution in [0.25, 0.3) is 0 Å². The molecular weight excluding hydrogens is 208 g/mol. The monoisotopic (exact) mass is 238 g/mol. The van der Waals surface area contributed by atoms with Gasteiger partial charge in [0.15, 0.2) is 0 Å². The van der Waals surface area contributed by atoms with Crippen molar-refractivity contribution in [1.29, 1.82) is 0 Å². The van der Waals surface area contributed by atoms with Crippen LogP contribution in [0.15, 0.2) is 0 Å². The van der Waals surface area contributed by atoms with Gasteiger partial charge in [-0.1, -0.05) is 27.7 Å². The zero-order chi connectivity index (χ0) is 12.7. The van der Waals surface area contributed by atoms with E-state index in [2.05, 4.69) is 33.0 Å². The fraction of sp³-hybridized carbons (Fsp3) is 1.00. The quantitative estimate of drug-likeness (QED) is 0.790. The Morgan fingerprint density at radius 3 is 1.82 bits per heavy atom. The maximum Gasteiger partial charge on any atom is 0.0181 e. The van der Waals surface area contributed by atoms with E-state index in [1.54, 1.807) is 0 Å². The molecule has 0 bridgehead atoms. The van der Waals surface area contributed by atoms with Crippen molar-refractivity contribution in [3.05, 3.63) is 0 Å². The SMILES string of the molecule is CC1(C)C(NCC2CCC(CN)CC2)C1(C)C. The summed E-state index contributed by atoms with van der Waals surface area (Å²) in [5.74, 6) is 1.70. The molecule has 2 aliphatic carbocycles. The van der Waals surface area contributed by atoms with E-state index in [1.165, 1.54) is 32.2 Å². The van der Waals surface area contributed by atoms with E-state index < -0.39 is 0 Å². The standard InChI is InChI=1S/C15H30N2/c1-14(2)13(15(14,3)4)17-10-12-7-5-11(9-16)6-8-12/h11-13,17H,5-10,16H2,1-4H3. The zero-order valence-electron chi connectivity index (χ0n) is 12.1. The average Bonchev–Trinajstić information content (AvgIpc) is 2.68. The van der Waals surface area contributed by atoms with Crippen molar-refractivity contribution in [2.45, 2.75) is 59.4 Å². The van der Waals surface area contributed by atoms with Crippen molar-refractivity contribution in [2.75, 3.05) is 13.1 Å². The van der Waals surface area contributed by atoms with Crippen LogP contribution < -0.4 is 11.1 Å². The van der Waals surface area contributed by atoms with Crippen LogP contribution in [0.3, 0.4) is 0 Å². The molecule has 0 radical (unpaired) electrons.